The number of amides is 2. The summed E-state index contributed by atoms with van der Waals surface area (Å²) in [6.07, 6.45) is 1.32. The molecule has 0 unspecified atom stereocenters. The Bertz CT molecular complexity index is 191. The maximum Gasteiger partial charge on any atom is 0.223 e. The number of carbonyl (C=O) groups is 2. The first-order valence-electron chi connectivity index (χ1n) is 4.36. The highest BCUT2D eigenvalue weighted by Crippen LogP contribution is 2.02. The van der Waals surface area contributed by atoms with Crippen LogP contribution in [0.4, 0.5) is 0 Å². The lowest BCUT2D eigenvalue weighted by atomic mass is 10.3. The number of piperazine rings is 1. The van der Waals surface area contributed by atoms with Crippen molar-refractivity contribution in [3.63, 3.8) is 0 Å². The van der Waals surface area contributed by atoms with E-state index in [1.54, 1.807) is 9.80 Å². The van der Waals surface area contributed by atoms with E-state index in [9.17, 15) is 9.59 Å². The summed E-state index contributed by atoms with van der Waals surface area (Å²) in [6.45, 7) is 2.63. The first-order valence-corrected chi connectivity index (χ1v) is 4.99. The summed E-state index contributed by atoms with van der Waals surface area (Å²) < 4.78 is 0. The van der Waals surface area contributed by atoms with Crippen LogP contribution in [-0.2, 0) is 9.59 Å². The maximum atomic E-state index is 11.4. The second-order valence-corrected chi connectivity index (χ2v) is 3.44. The zero-order chi connectivity index (χ0) is 9.68. The molecule has 0 aliphatic carbocycles. The molecular formula is C8H14N2O2S. The second-order valence-electron chi connectivity index (χ2n) is 3.00. The maximum absolute atomic E-state index is 11.4. The van der Waals surface area contributed by atoms with Crippen LogP contribution in [0.5, 0.6) is 0 Å². The van der Waals surface area contributed by atoms with Gasteiger partial charge in [-0.05, 0) is 5.75 Å². The summed E-state index contributed by atoms with van der Waals surface area (Å²) in [7, 11) is 0. The van der Waals surface area contributed by atoms with Crippen LogP contribution in [0.1, 0.15) is 6.42 Å². The van der Waals surface area contributed by atoms with Crippen LogP contribution in [0, 0.1) is 0 Å². The van der Waals surface area contributed by atoms with Gasteiger partial charge >= 0.3 is 0 Å². The molecule has 1 aliphatic rings. The first kappa shape index (κ1) is 10.4. The SMILES string of the molecule is O=CN1CCN(C(=O)CCS)CC1. The molecule has 2 amide bonds. The van der Waals surface area contributed by atoms with Crippen molar-refractivity contribution < 1.29 is 9.59 Å². The average molecular weight is 202 g/mol. The van der Waals surface area contributed by atoms with Gasteiger partial charge in [-0.2, -0.15) is 12.6 Å². The highest BCUT2D eigenvalue weighted by atomic mass is 32.1. The molecule has 0 N–H and O–H groups in total. The third kappa shape index (κ3) is 2.91. The molecule has 1 saturated heterocycles. The van der Waals surface area contributed by atoms with E-state index in [2.05, 4.69) is 12.6 Å². The minimum atomic E-state index is 0.139. The summed E-state index contributed by atoms with van der Waals surface area (Å²) in [5, 5.41) is 0. The van der Waals surface area contributed by atoms with Gasteiger partial charge in [-0.15, -0.1) is 0 Å². The molecule has 0 atom stereocenters. The van der Waals surface area contributed by atoms with Crippen LogP contribution in [-0.4, -0.2) is 54.0 Å². The van der Waals surface area contributed by atoms with E-state index in [1.165, 1.54) is 0 Å². The van der Waals surface area contributed by atoms with Gasteiger partial charge in [0, 0.05) is 32.6 Å². The van der Waals surface area contributed by atoms with Gasteiger partial charge in [0.15, 0.2) is 0 Å². The predicted octanol–water partition coefficient (Wildman–Crippen LogP) is -0.393. The van der Waals surface area contributed by atoms with Gasteiger partial charge < -0.3 is 9.80 Å². The molecule has 1 rings (SSSR count). The van der Waals surface area contributed by atoms with Crippen LogP contribution < -0.4 is 0 Å². The van der Waals surface area contributed by atoms with E-state index in [0.717, 1.165) is 6.41 Å². The summed E-state index contributed by atoms with van der Waals surface area (Å²) in [5.74, 6) is 0.729. The smallest absolute Gasteiger partial charge is 0.223 e. The van der Waals surface area contributed by atoms with Crippen molar-refractivity contribution in [2.45, 2.75) is 6.42 Å². The third-order valence-electron chi connectivity index (χ3n) is 2.14. The van der Waals surface area contributed by atoms with Crippen LogP contribution in [0.15, 0.2) is 0 Å². The van der Waals surface area contributed by atoms with Gasteiger partial charge in [0.25, 0.3) is 0 Å². The fourth-order valence-corrected chi connectivity index (χ4v) is 1.52. The van der Waals surface area contributed by atoms with E-state index < -0.39 is 0 Å². The fraction of sp³-hybridized carbons (Fsp3) is 0.750. The predicted molar refractivity (Wildman–Crippen MR) is 52.7 cm³/mol. The van der Waals surface area contributed by atoms with Gasteiger partial charge in [0.1, 0.15) is 0 Å². The summed E-state index contributed by atoms with van der Waals surface area (Å²) >= 11 is 4.00. The molecule has 1 heterocycles. The Morgan fingerprint density at radius 2 is 1.92 bits per heavy atom. The zero-order valence-electron chi connectivity index (χ0n) is 7.48. The number of hydrogen-bond donors (Lipinski definition) is 1. The van der Waals surface area contributed by atoms with Gasteiger partial charge in [-0.1, -0.05) is 0 Å². The molecule has 74 valence electrons. The van der Waals surface area contributed by atoms with Crippen LogP contribution in [0.3, 0.4) is 0 Å². The lowest BCUT2D eigenvalue weighted by Crippen LogP contribution is -2.48. The van der Waals surface area contributed by atoms with Crippen molar-refractivity contribution in [3.8, 4) is 0 Å². The lowest BCUT2D eigenvalue weighted by molar-refractivity contribution is -0.134. The fourth-order valence-electron chi connectivity index (χ4n) is 1.33. The molecule has 0 radical (unpaired) electrons. The number of rotatable bonds is 3. The molecule has 1 fully saturated rings. The molecule has 13 heavy (non-hydrogen) atoms. The molecule has 0 aromatic rings. The molecule has 0 spiro atoms. The Kier molecular flexibility index (Phi) is 4.08. The molecule has 0 bridgehead atoms. The molecule has 0 aromatic heterocycles. The standard InChI is InChI=1S/C8H14N2O2S/c11-7-9-2-4-10(5-3-9)8(12)1-6-13/h7,13H,1-6H2. The third-order valence-corrected chi connectivity index (χ3v) is 2.37. The quantitative estimate of drug-likeness (QED) is 0.500. The van der Waals surface area contributed by atoms with Crippen LogP contribution in [0.25, 0.3) is 0 Å². The molecule has 5 heteroatoms. The number of thiol groups is 1. The highest BCUT2D eigenvalue weighted by Gasteiger charge is 2.18. The van der Waals surface area contributed by atoms with Crippen LogP contribution >= 0.6 is 12.6 Å². The largest absolute Gasteiger partial charge is 0.342 e. The monoisotopic (exact) mass is 202 g/mol. The molecule has 0 saturated carbocycles. The number of hydrogen-bond acceptors (Lipinski definition) is 3. The van der Waals surface area contributed by atoms with Crippen molar-refractivity contribution in [2.24, 2.45) is 0 Å². The Morgan fingerprint density at radius 3 is 2.38 bits per heavy atom. The van der Waals surface area contributed by atoms with E-state index >= 15 is 0 Å². The lowest BCUT2D eigenvalue weighted by Gasteiger charge is -2.32. The number of carbonyl (C=O) groups excluding carboxylic acids is 2. The molecule has 0 aromatic carbocycles. The Morgan fingerprint density at radius 1 is 1.31 bits per heavy atom. The van der Waals surface area contributed by atoms with E-state index in [0.29, 0.717) is 38.4 Å². The second kappa shape index (κ2) is 5.11. The zero-order valence-corrected chi connectivity index (χ0v) is 8.37. The van der Waals surface area contributed by atoms with E-state index in [4.69, 9.17) is 0 Å². The normalized spacial score (nSPS) is 17.3. The number of nitrogens with zero attached hydrogens (tertiary/aromatic N) is 2. The highest BCUT2D eigenvalue weighted by molar-refractivity contribution is 7.80. The van der Waals surface area contributed by atoms with Gasteiger partial charge in [-0.25, -0.2) is 0 Å². The van der Waals surface area contributed by atoms with Gasteiger partial charge in [0.2, 0.25) is 12.3 Å². The van der Waals surface area contributed by atoms with Gasteiger partial charge in [0.05, 0.1) is 0 Å². The minimum absolute atomic E-state index is 0.139. The van der Waals surface area contributed by atoms with Gasteiger partial charge in [-0.3, -0.25) is 9.59 Å². The summed E-state index contributed by atoms with van der Waals surface area (Å²) in [4.78, 5) is 25.2. The Balaban J connectivity index is 2.31. The summed E-state index contributed by atoms with van der Waals surface area (Å²) in [6, 6.07) is 0. The molecular weight excluding hydrogens is 188 g/mol. The van der Waals surface area contributed by atoms with Crippen molar-refractivity contribution in [1.29, 1.82) is 0 Å². The average Bonchev–Trinajstić information content (AvgIpc) is 2.18. The van der Waals surface area contributed by atoms with Crippen molar-refractivity contribution >= 4 is 24.9 Å². The minimum Gasteiger partial charge on any atom is -0.342 e. The van der Waals surface area contributed by atoms with Crippen molar-refractivity contribution in [3.05, 3.63) is 0 Å². The Hall–Kier alpha value is -0.710. The molecule has 4 nitrogen and oxygen atoms in total. The van der Waals surface area contributed by atoms with E-state index in [-0.39, 0.29) is 5.91 Å². The Labute approximate surface area is 83.3 Å². The van der Waals surface area contributed by atoms with Crippen molar-refractivity contribution in [2.75, 3.05) is 31.9 Å². The summed E-state index contributed by atoms with van der Waals surface area (Å²) in [5.41, 5.74) is 0. The van der Waals surface area contributed by atoms with E-state index in [1.807, 2.05) is 0 Å². The van der Waals surface area contributed by atoms with Crippen molar-refractivity contribution in [1.82, 2.24) is 9.80 Å². The van der Waals surface area contributed by atoms with Crippen LogP contribution in [0.2, 0.25) is 0 Å². The first-order chi connectivity index (χ1) is 6.27. The topological polar surface area (TPSA) is 40.6 Å². The molecule has 1 aliphatic heterocycles.